The number of hydrogen-bond acceptors (Lipinski definition) is 4. The fourth-order valence-electron chi connectivity index (χ4n) is 2.35. The zero-order chi connectivity index (χ0) is 19.6. The number of esters is 1. The van der Waals surface area contributed by atoms with Crippen molar-refractivity contribution in [3.05, 3.63) is 76.9 Å². The van der Waals surface area contributed by atoms with Crippen molar-refractivity contribution in [1.82, 2.24) is 10.6 Å². The summed E-state index contributed by atoms with van der Waals surface area (Å²) in [5.41, 5.74) is 2.63. The minimum absolute atomic E-state index is 0.138. The van der Waals surface area contributed by atoms with Crippen LogP contribution in [0.2, 0.25) is 0 Å². The van der Waals surface area contributed by atoms with E-state index in [1.54, 1.807) is 48.5 Å². The van der Waals surface area contributed by atoms with Gasteiger partial charge in [-0.05, 0) is 48.4 Å². The van der Waals surface area contributed by atoms with E-state index in [1.807, 2.05) is 13.0 Å². The van der Waals surface area contributed by atoms with Crippen LogP contribution < -0.4 is 10.6 Å². The Morgan fingerprint density at radius 1 is 1.00 bits per heavy atom. The highest BCUT2D eigenvalue weighted by molar-refractivity contribution is 5.94. The molecule has 27 heavy (non-hydrogen) atoms. The van der Waals surface area contributed by atoms with Gasteiger partial charge in [-0.1, -0.05) is 24.3 Å². The Morgan fingerprint density at radius 3 is 2.41 bits per heavy atom. The summed E-state index contributed by atoms with van der Waals surface area (Å²) in [7, 11) is 1.33. The van der Waals surface area contributed by atoms with E-state index >= 15 is 0 Å². The van der Waals surface area contributed by atoms with Crippen LogP contribution in [-0.2, 0) is 16.1 Å². The molecule has 0 aliphatic rings. The zero-order valence-corrected chi connectivity index (χ0v) is 15.3. The third-order valence-corrected chi connectivity index (χ3v) is 3.75. The molecular formula is C21H22N2O4. The monoisotopic (exact) mass is 366 g/mol. The second-order valence-electron chi connectivity index (χ2n) is 5.72. The highest BCUT2D eigenvalue weighted by atomic mass is 16.5. The highest BCUT2D eigenvalue weighted by Gasteiger charge is 2.06. The van der Waals surface area contributed by atoms with Crippen LogP contribution in [0.5, 0.6) is 0 Å². The van der Waals surface area contributed by atoms with Crippen LogP contribution in [-0.4, -0.2) is 31.4 Å². The van der Waals surface area contributed by atoms with Crippen molar-refractivity contribution < 1.29 is 19.1 Å². The minimum atomic E-state index is -0.405. The molecule has 0 unspecified atom stereocenters. The van der Waals surface area contributed by atoms with Gasteiger partial charge in [0.2, 0.25) is 5.91 Å². The van der Waals surface area contributed by atoms with E-state index in [9.17, 15) is 14.4 Å². The minimum Gasteiger partial charge on any atom is -0.465 e. The Labute approximate surface area is 158 Å². The third-order valence-electron chi connectivity index (χ3n) is 3.75. The molecule has 0 saturated carbocycles. The highest BCUT2D eigenvalue weighted by Crippen LogP contribution is 2.08. The maximum atomic E-state index is 12.0. The molecule has 0 spiro atoms. The largest absolute Gasteiger partial charge is 0.465 e. The molecule has 2 amide bonds. The third kappa shape index (κ3) is 6.11. The summed E-state index contributed by atoms with van der Waals surface area (Å²) in [6.45, 7) is 2.74. The Morgan fingerprint density at radius 2 is 1.74 bits per heavy atom. The van der Waals surface area contributed by atoms with Crippen LogP contribution in [0, 0.1) is 0 Å². The summed E-state index contributed by atoms with van der Waals surface area (Å²) < 4.78 is 4.64. The van der Waals surface area contributed by atoms with Crippen molar-refractivity contribution in [2.75, 3.05) is 13.7 Å². The molecule has 0 heterocycles. The van der Waals surface area contributed by atoms with Gasteiger partial charge in [0, 0.05) is 24.7 Å². The molecule has 0 aromatic heterocycles. The lowest BCUT2D eigenvalue weighted by Gasteiger charge is -2.06. The average Bonchev–Trinajstić information content (AvgIpc) is 2.71. The molecule has 0 saturated heterocycles. The van der Waals surface area contributed by atoms with Crippen LogP contribution in [0.4, 0.5) is 0 Å². The number of carbonyl (C=O) groups is 3. The molecule has 2 aromatic rings. The van der Waals surface area contributed by atoms with Crippen LogP contribution in [0.3, 0.4) is 0 Å². The van der Waals surface area contributed by atoms with Crippen LogP contribution in [0.25, 0.3) is 6.08 Å². The summed E-state index contributed by atoms with van der Waals surface area (Å²) in [5, 5.41) is 5.52. The Bertz CT molecular complexity index is 842. The van der Waals surface area contributed by atoms with Gasteiger partial charge in [0.1, 0.15) is 0 Å². The van der Waals surface area contributed by atoms with Gasteiger partial charge in [-0.3, -0.25) is 9.59 Å². The lowest BCUT2D eigenvalue weighted by atomic mass is 10.1. The first-order chi connectivity index (χ1) is 13.0. The molecule has 140 valence electrons. The molecule has 2 rings (SSSR count). The summed E-state index contributed by atoms with van der Waals surface area (Å²) in [5.74, 6) is -0.797. The number of carbonyl (C=O) groups excluding carboxylic acids is 3. The standard InChI is InChI=1S/C21H22N2O4/c1-3-22-20(25)18-6-4-5-16(13-18)14-23-19(24)12-9-15-7-10-17(11-8-15)21(26)27-2/h4-13H,3,14H2,1-2H3,(H,22,25)(H,23,24). The number of ether oxygens (including phenoxy) is 1. The maximum Gasteiger partial charge on any atom is 0.337 e. The number of amides is 2. The second-order valence-corrected chi connectivity index (χ2v) is 5.72. The van der Waals surface area contributed by atoms with Crippen LogP contribution >= 0.6 is 0 Å². The number of rotatable bonds is 7. The van der Waals surface area contributed by atoms with E-state index in [4.69, 9.17) is 0 Å². The molecule has 0 aliphatic carbocycles. The lowest BCUT2D eigenvalue weighted by molar-refractivity contribution is -0.116. The summed E-state index contributed by atoms with van der Waals surface area (Å²) >= 11 is 0. The quantitative estimate of drug-likeness (QED) is 0.583. The van der Waals surface area contributed by atoms with Crippen molar-refractivity contribution in [2.24, 2.45) is 0 Å². The fourth-order valence-corrected chi connectivity index (χ4v) is 2.35. The summed E-state index contributed by atoms with van der Waals surface area (Å²) in [6.07, 6.45) is 3.07. The summed E-state index contributed by atoms with van der Waals surface area (Å²) in [6, 6.07) is 13.8. The number of benzene rings is 2. The van der Waals surface area contributed by atoms with E-state index in [0.29, 0.717) is 24.2 Å². The molecule has 6 heteroatoms. The molecule has 2 N–H and O–H groups in total. The first kappa shape index (κ1) is 19.9. The first-order valence-corrected chi connectivity index (χ1v) is 8.55. The van der Waals surface area contributed by atoms with E-state index in [1.165, 1.54) is 13.2 Å². The molecule has 0 atom stereocenters. The number of hydrogen-bond donors (Lipinski definition) is 2. The normalized spacial score (nSPS) is 10.4. The lowest BCUT2D eigenvalue weighted by Crippen LogP contribution is -2.23. The maximum absolute atomic E-state index is 12.0. The zero-order valence-electron chi connectivity index (χ0n) is 15.3. The van der Waals surface area contributed by atoms with Gasteiger partial charge in [-0.15, -0.1) is 0 Å². The molecular weight excluding hydrogens is 344 g/mol. The molecule has 0 fully saturated rings. The van der Waals surface area contributed by atoms with Gasteiger partial charge in [0.25, 0.3) is 5.91 Å². The average molecular weight is 366 g/mol. The first-order valence-electron chi connectivity index (χ1n) is 8.55. The van der Waals surface area contributed by atoms with E-state index in [2.05, 4.69) is 15.4 Å². The molecule has 6 nitrogen and oxygen atoms in total. The van der Waals surface area contributed by atoms with Crippen LogP contribution in [0.15, 0.2) is 54.6 Å². The van der Waals surface area contributed by atoms with E-state index < -0.39 is 5.97 Å². The predicted octanol–water partition coefficient (Wildman–Crippen LogP) is 2.55. The van der Waals surface area contributed by atoms with Gasteiger partial charge < -0.3 is 15.4 Å². The Kier molecular flexibility index (Phi) is 7.31. The van der Waals surface area contributed by atoms with Crippen molar-refractivity contribution in [1.29, 1.82) is 0 Å². The second kappa shape index (κ2) is 9.91. The molecule has 0 aliphatic heterocycles. The van der Waals surface area contributed by atoms with Crippen LogP contribution in [0.1, 0.15) is 38.8 Å². The van der Waals surface area contributed by atoms with E-state index in [0.717, 1.165) is 11.1 Å². The topological polar surface area (TPSA) is 84.5 Å². The molecule has 2 aromatic carbocycles. The SMILES string of the molecule is CCNC(=O)c1cccc(CNC(=O)C=Cc2ccc(C(=O)OC)cc2)c1. The van der Waals surface area contributed by atoms with E-state index in [-0.39, 0.29) is 11.8 Å². The van der Waals surface area contributed by atoms with Gasteiger partial charge in [-0.25, -0.2) is 4.79 Å². The predicted molar refractivity (Wildman–Crippen MR) is 103 cm³/mol. The van der Waals surface area contributed by atoms with Gasteiger partial charge in [0.05, 0.1) is 12.7 Å². The molecule has 0 bridgehead atoms. The number of methoxy groups -OCH3 is 1. The van der Waals surface area contributed by atoms with Gasteiger partial charge >= 0.3 is 5.97 Å². The Balaban J connectivity index is 1.90. The number of nitrogens with one attached hydrogen (secondary N) is 2. The smallest absolute Gasteiger partial charge is 0.337 e. The van der Waals surface area contributed by atoms with Crippen molar-refractivity contribution >= 4 is 23.9 Å². The Hall–Kier alpha value is -3.41. The summed E-state index contributed by atoms with van der Waals surface area (Å²) in [4.78, 5) is 35.2. The fraction of sp³-hybridized carbons (Fsp3) is 0.190. The van der Waals surface area contributed by atoms with Gasteiger partial charge in [-0.2, -0.15) is 0 Å². The van der Waals surface area contributed by atoms with Crippen molar-refractivity contribution in [3.8, 4) is 0 Å². The van der Waals surface area contributed by atoms with Gasteiger partial charge in [0.15, 0.2) is 0 Å². The van der Waals surface area contributed by atoms with Crippen molar-refractivity contribution in [2.45, 2.75) is 13.5 Å². The molecule has 0 radical (unpaired) electrons. The van der Waals surface area contributed by atoms with Crippen molar-refractivity contribution in [3.63, 3.8) is 0 Å².